The molecule has 0 radical (unpaired) electrons. The van der Waals surface area contributed by atoms with E-state index in [0.717, 1.165) is 32.6 Å². The highest BCUT2D eigenvalue weighted by Gasteiger charge is 2.16. The maximum atomic E-state index is 5.67. The van der Waals surface area contributed by atoms with E-state index >= 15 is 0 Å². The highest BCUT2D eigenvalue weighted by molar-refractivity contribution is 9.10. The van der Waals surface area contributed by atoms with Crippen LogP contribution in [-0.2, 0) is 6.54 Å². The Bertz CT molecular complexity index is 676. The van der Waals surface area contributed by atoms with Crippen molar-refractivity contribution in [2.24, 2.45) is 0 Å². The Morgan fingerprint density at radius 1 is 1.09 bits per heavy atom. The van der Waals surface area contributed by atoms with E-state index in [0.29, 0.717) is 13.2 Å². The van der Waals surface area contributed by atoms with Crippen molar-refractivity contribution in [1.29, 1.82) is 0 Å². The van der Waals surface area contributed by atoms with Crippen LogP contribution < -0.4 is 14.8 Å². The van der Waals surface area contributed by atoms with Gasteiger partial charge in [-0.05, 0) is 52.2 Å². The number of halogens is 2. The van der Waals surface area contributed by atoms with Gasteiger partial charge in [-0.25, -0.2) is 0 Å². The zero-order valence-corrected chi connectivity index (χ0v) is 15.4. The Morgan fingerprint density at radius 3 is 2.68 bits per heavy atom. The van der Waals surface area contributed by atoms with Crippen LogP contribution in [0, 0.1) is 0 Å². The largest absolute Gasteiger partial charge is 0.486 e. The van der Waals surface area contributed by atoms with E-state index in [1.807, 2.05) is 12.1 Å². The first-order valence-electron chi connectivity index (χ1n) is 7.21. The number of nitrogens with one attached hydrogen (secondary N) is 1. The van der Waals surface area contributed by atoms with E-state index in [4.69, 9.17) is 9.47 Å². The van der Waals surface area contributed by atoms with E-state index in [1.165, 1.54) is 5.56 Å². The van der Waals surface area contributed by atoms with Crippen LogP contribution in [0.4, 0.5) is 0 Å². The van der Waals surface area contributed by atoms with E-state index < -0.39 is 0 Å². The zero-order chi connectivity index (χ0) is 15.5. The monoisotopic (exact) mass is 425 g/mol. The molecule has 0 amide bonds. The molecule has 1 heterocycles. The first-order valence-corrected chi connectivity index (χ1v) is 8.79. The van der Waals surface area contributed by atoms with Gasteiger partial charge in [-0.3, -0.25) is 0 Å². The molecule has 0 bridgehead atoms. The van der Waals surface area contributed by atoms with E-state index in [-0.39, 0.29) is 6.04 Å². The molecule has 1 aliphatic heterocycles. The average Bonchev–Trinajstić information content (AvgIpc) is 2.53. The average molecular weight is 427 g/mol. The van der Waals surface area contributed by atoms with Crippen LogP contribution in [-0.4, -0.2) is 13.2 Å². The number of fused-ring (bicyclic) bond motifs is 1. The van der Waals surface area contributed by atoms with Crippen molar-refractivity contribution >= 4 is 31.9 Å². The smallest absolute Gasteiger partial charge is 0.175 e. The van der Waals surface area contributed by atoms with Gasteiger partial charge in [0.1, 0.15) is 13.2 Å². The molecule has 1 aliphatic rings. The highest BCUT2D eigenvalue weighted by atomic mass is 79.9. The minimum atomic E-state index is 0.252. The predicted octanol–water partition coefficient (Wildman–Crippen LogP) is 4.83. The molecule has 22 heavy (non-hydrogen) atoms. The standard InChI is InChI=1S/C17H17Br2NO2/c1-11(13-4-2-3-5-14(13)18)20-10-12-8-15(19)17-16(9-12)21-6-7-22-17/h2-5,8-9,11,20H,6-7,10H2,1H3. The molecule has 1 unspecified atom stereocenters. The van der Waals surface area contributed by atoms with Crippen LogP contribution in [0.15, 0.2) is 45.3 Å². The van der Waals surface area contributed by atoms with Gasteiger partial charge in [-0.2, -0.15) is 0 Å². The molecular weight excluding hydrogens is 410 g/mol. The molecule has 116 valence electrons. The molecule has 0 aromatic heterocycles. The fraction of sp³-hybridized carbons (Fsp3) is 0.294. The fourth-order valence-electron chi connectivity index (χ4n) is 2.47. The lowest BCUT2D eigenvalue weighted by atomic mass is 10.1. The maximum Gasteiger partial charge on any atom is 0.175 e. The SMILES string of the molecule is CC(NCc1cc(Br)c2c(c1)OCCO2)c1ccccc1Br. The van der Waals surface area contributed by atoms with Crippen LogP contribution in [0.3, 0.4) is 0 Å². The maximum absolute atomic E-state index is 5.67. The van der Waals surface area contributed by atoms with Crippen molar-refractivity contribution in [1.82, 2.24) is 5.32 Å². The molecule has 2 aromatic carbocycles. The Hall–Kier alpha value is -1.04. The van der Waals surface area contributed by atoms with Gasteiger partial charge in [0, 0.05) is 17.1 Å². The number of benzene rings is 2. The van der Waals surface area contributed by atoms with Gasteiger partial charge in [0.15, 0.2) is 11.5 Å². The van der Waals surface area contributed by atoms with Crippen LogP contribution >= 0.6 is 31.9 Å². The summed E-state index contributed by atoms with van der Waals surface area (Å²) in [5.74, 6) is 1.61. The minimum Gasteiger partial charge on any atom is -0.486 e. The third-order valence-corrected chi connectivity index (χ3v) is 4.95. The summed E-state index contributed by atoms with van der Waals surface area (Å²) >= 11 is 7.16. The Labute approximate surface area is 147 Å². The van der Waals surface area contributed by atoms with Crippen molar-refractivity contribution in [2.75, 3.05) is 13.2 Å². The second-order valence-electron chi connectivity index (χ2n) is 5.23. The van der Waals surface area contributed by atoms with Crippen molar-refractivity contribution in [3.8, 4) is 11.5 Å². The molecule has 3 nitrogen and oxygen atoms in total. The van der Waals surface area contributed by atoms with Crippen LogP contribution in [0.25, 0.3) is 0 Å². The number of rotatable bonds is 4. The van der Waals surface area contributed by atoms with Gasteiger partial charge in [0.2, 0.25) is 0 Å². The Balaban J connectivity index is 1.71. The fourth-order valence-corrected chi connectivity index (χ4v) is 3.71. The summed E-state index contributed by atoms with van der Waals surface area (Å²) in [4.78, 5) is 0. The predicted molar refractivity (Wildman–Crippen MR) is 94.5 cm³/mol. The topological polar surface area (TPSA) is 30.5 Å². The zero-order valence-electron chi connectivity index (χ0n) is 12.2. The third kappa shape index (κ3) is 3.47. The van der Waals surface area contributed by atoms with Gasteiger partial charge >= 0.3 is 0 Å². The molecule has 3 rings (SSSR count). The van der Waals surface area contributed by atoms with Crippen molar-refractivity contribution in [3.63, 3.8) is 0 Å². The quantitative estimate of drug-likeness (QED) is 0.759. The second-order valence-corrected chi connectivity index (χ2v) is 6.93. The first kappa shape index (κ1) is 15.8. The Kier molecular flexibility index (Phi) is 5.06. The third-order valence-electron chi connectivity index (χ3n) is 3.64. The molecule has 0 spiro atoms. The molecule has 1 N–H and O–H groups in total. The van der Waals surface area contributed by atoms with Crippen LogP contribution in [0.5, 0.6) is 11.5 Å². The van der Waals surface area contributed by atoms with E-state index in [9.17, 15) is 0 Å². The van der Waals surface area contributed by atoms with Gasteiger partial charge in [0.05, 0.1) is 4.47 Å². The number of ether oxygens (including phenoxy) is 2. The van der Waals surface area contributed by atoms with Crippen molar-refractivity contribution in [2.45, 2.75) is 19.5 Å². The molecule has 0 fully saturated rings. The molecule has 0 saturated carbocycles. The minimum absolute atomic E-state index is 0.252. The highest BCUT2D eigenvalue weighted by Crippen LogP contribution is 2.38. The van der Waals surface area contributed by atoms with Crippen molar-refractivity contribution < 1.29 is 9.47 Å². The number of hydrogen-bond acceptors (Lipinski definition) is 3. The van der Waals surface area contributed by atoms with Crippen LogP contribution in [0.2, 0.25) is 0 Å². The summed E-state index contributed by atoms with van der Waals surface area (Å²) in [5.41, 5.74) is 2.41. The molecule has 5 heteroatoms. The summed E-state index contributed by atoms with van der Waals surface area (Å²) in [6, 6.07) is 12.6. The molecule has 0 aliphatic carbocycles. The van der Waals surface area contributed by atoms with Crippen molar-refractivity contribution in [3.05, 3.63) is 56.5 Å². The van der Waals surface area contributed by atoms with Gasteiger partial charge in [0.25, 0.3) is 0 Å². The van der Waals surface area contributed by atoms with E-state index in [1.54, 1.807) is 0 Å². The second kappa shape index (κ2) is 7.02. The lowest BCUT2D eigenvalue weighted by Crippen LogP contribution is -2.19. The number of hydrogen-bond donors (Lipinski definition) is 1. The lowest BCUT2D eigenvalue weighted by molar-refractivity contribution is 0.170. The normalized spacial score (nSPS) is 14.7. The summed E-state index contributed by atoms with van der Waals surface area (Å²) in [6.45, 7) is 4.12. The summed E-state index contributed by atoms with van der Waals surface area (Å²) in [6.07, 6.45) is 0. The van der Waals surface area contributed by atoms with E-state index in [2.05, 4.69) is 68.4 Å². The van der Waals surface area contributed by atoms with Gasteiger partial charge in [-0.15, -0.1) is 0 Å². The van der Waals surface area contributed by atoms with Gasteiger partial charge in [-0.1, -0.05) is 34.1 Å². The molecule has 1 atom stereocenters. The van der Waals surface area contributed by atoms with Crippen LogP contribution in [0.1, 0.15) is 24.1 Å². The first-order chi connectivity index (χ1) is 10.6. The molecular formula is C17H17Br2NO2. The molecule has 2 aromatic rings. The summed E-state index contributed by atoms with van der Waals surface area (Å²) in [5, 5.41) is 3.54. The van der Waals surface area contributed by atoms with Gasteiger partial charge < -0.3 is 14.8 Å². The summed E-state index contributed by atoms with van der Waals surface area (Å²) < 4.78 is 13.3. The Morgan fingerprint density at radius 2 is 1.86 bits per heavy atom. The summed E-state index contributed by atoms with van der Waals surface area (Å²) in [7, 11) is 0. The lowest BCUT2D eigenvalue weighted by Gasteiger charge is -2.21. The molecule has 0 saturated heterocycles.